The lowest BCUT2D eigenvalue weighted by Gasteiger charge is -2.28. The van der Waals surface area contributed by atoms with Gasteiger partial charge in [0.1, 0.15) is 17.8 Å². The fourth-order valence-corrected chi connectivity index (χ4v) is 4.27. The molecule has 0 radical (unpaired) electrons. The molecule has 8 nitrogen and oxygen atoms in total. The Kier molecular flexibility index (Phi) is 13.3. The number of halogens is 7. The molecule has 0 bridgehead atoms. The van der Waals surface area contributed by atoms with Gasteiger partial charge in [-0.05, 0) is 47.8 Å². The summed E-state index contributed by atoms with van der Waals surface area (Å²) in [5.74, 6) is -8.43. The maximum atomic E-state index is 15.0. The molecule has 3 N–H and O–H groups in total. The Bertz CT molecular complexity index is 1270. The van der Waals surface area contributed by atoms with E-state index in [-0.39, 0.29) is 15.6 Å². The minimum Gasteiger partial charge on any atom is -0.497 e. The molecular weight excluding hydrogens is 644 g/mol. The molecule has 238 valence electrons. The van der Waals surface area contributed by atoms with Crippen molar-refractivity contribution in [3.05, 3.63) is 63.6 Å². The van der Waals surface area contributed by atoms with Crippen LogP contribution in [0, 0.1) is 5.92 Å². The fraction of sp³-hybridized carbons (Fsp3) is 0.444. The number of rotatable bonds is 14. The van der Waals surface area contributed by atoms with Crippen LogP contribution >= 0.6 is 35.2 Å². The van der Waals surface area contributed by atoms with E-state index in [9.17, 15) is 27.6 Å². The molecule has 2 aromatic carbocycles. The lowest BCUT2D eigenvalue weighted by atomic mass is 9.98. The molecule has 0 aliphatic rings. The molecule has 0 saturated heterocycles. The molecule has 3 amide bonds. The highest BCUT2D eigenvalue weighted by Crippen LogP contribution is 2.33. The molecule has 43 heavy (non-hydrogen) atoms. The van der Waals surface area contributed by atoms with Crippen molar-refractivity contribution in [3.63, 3.8) is 0 Å². The van der Waals surface area contributed by atoms with Gasteiger partial charge in [0.2, 0.25) is 11.8 Å². The molecule has 1 unspecified atom stereocenters. The Morgan fingerprint density at radius 1 is 0.907 bits per heavy atom. The van der Waals surface area contributed by atoms with Crippen molar-refractivity contribution in [2.45, 2.75) is 50.5 Å². The summed E-state index contributed by atoms with van der Waals surface area (Å²) in [6.07, 6.45) is -4.45. The highest BCUT2D eigenvalue weighted by Gasteiger charge is 2.43. The Hall–Kier alpha value is -2.81. The zero-order valence-corrected chi connectivity index (χ0v) is 25.7. The minimum atomic E-state index is -4.59. The number of hydrogen-bond acceptors (Lipinski definition) is 6. The largest absolute Gasteiger partial charge is 0.497 e. The van der Waals surface area contributed by atoms with E-state index in [2.05, 4.69) is 10.6 Å². The number of carbonyl (C=O) groups excluding carboxylic acids is 3. The smallest absolute Gasteiger partial charge is 0.391 e. The topological polar surface area (TPSA) is 106 Å². The molecule has 2 rings (SSSR count). The van der Waals surface area contributed by atoms with Gasteiger partial charge in [-0.2, -0.15) is 22.0 Å². The maximum absolute atomic E-state index is 15.0. The predicted molar refractivity (Wildman–Crippen MR) is 153 cm³/mol. The van der Waals surface area contributed by atoms with E-state index in [1.54, 1.807) is 0 Å². The summed E-state index contributed by atoms with van der Waals surface area (Å²) in [5, 5.41) is 6.31. The van der Waals surface area contributed by atoms with Gasteiger partial charge in [0.25, 0.3) is 5.91 Å². The SMILES string of the molecule is COc1ccc(C(NC(=O)[C@H](COSC)NC(=O)C(F)(F)c2ccc(Cl)c(Cl)c2)C(=O)N[C@H](CC(F)(F)F)C(C)C)cc1. The number of carbonyl (C=O) groups is 3. The van der Waals surface area contributed by atoms with Crippen LogP contribution < -0.4 is 20.7 Å². The molecule has 3 atom stereocenters. The lowest BCUT2D eigenvalue weighted by molar-refractivity contribution is -0.149. The van der Waals surface area contributed by atoms with Crippen LogP contribution in [0.3, 0.4) is 0 Å². The second-order valence-corrected chi connectivity index (χ2v) is 11.0. The molecule has 0 saturated carbocycles. The van der Waals surface area contributed by atoms with Crippen LogP contribution in [0.15, 0.2) is 42.5 Å². The second kappa shape index (κ2) is 15.8. The third-order valence-corrected chi connectivity index (χ3v) is 7.23. The van der Waals surface area contributed by atoms with Gasteiger partial charge in [-0.25, -0.2) is 0 Å². The van der Waals surface area contributed by atoms with Gasteiger partial charge in [0, 0.05) is 17.9 Å². The summed E-state index contributed by atoms with van der Waals surface area (Å²) in [5.41, 5.74) is -0.664. The van der Waals surface area contributed by atoms with Crippen molar-refractivity contribution in [1.82, 2.24) is 16.0 Å². The second-order valence-electron chi connectivity index (χ2n) is 9.57. The number of amides is 3. The van der Waals surface area contributed by atoms with Crippen LogP contribution in [0.25, 0.3) is 0 Å². The van der Waals surface area contributed by atoms with Crippen LogP contribution in [0.4, 0.5) is 22.0 Å². The molecule has 0 fully saturated rings. The fourth-order valence-electron chi connectivity index (χ4n) is 3.70. The first kappa shape index (κ1) is 36.4. The Morgan fingerprint density at radius 2 is 1.53 bits per heavy atom. The van der Waals surface area contributed by atoms with E-state index in [1.807, 2.05) is 5.32 Å². The zero-order chi connectivity index (χ0) is 32.5. The molecule has 0 spiro atoms. The summed E-state index contributed by atoms with van der Waals surface area (Å²) in [4.78, 5) is 39.3. The minimum absolute atomic E-state index is 0.0231. The zero-order valence-electron chi connectivity index (χ0n) is 23.4. The first-order valence-electron chi connectivity index (χ1n) is 12.6. The van der Waals surface area contributed by atoms with E-state index in [1.165, 1.54) is 51.5 Å². The monoisotopic (exact) mass is 673 g/mol. The number of methoxy groups -OCH3 is 1. The molecular formula is C27H30Cl2F5N3O5S. The molecule has 0 aliphatic carbocycles. The molecule has 16 heteroatoms. The van der Waals surface area contributed by atoms with Crippen LogP contribution in [-0.2, 0) is 24.5 Å². The Morgan fingerprint density at radius 3 is 2.05 bits per heavy atom. The van der Waals surface area contributed by atoms with Crippen molar-refractivity contribution in [2.24, 2.45) is 5.92 Å². The Labute approximate surface area is 259 Å². The summed E-state index contributed by atoms with van der Waals surface area (Å²) in [7, 11) is 1.39. The number of hydrogen-bond donors (Lipinski definition) is 3. The van der Waals surface area contributed by atoms with Gasteiger partial charge < -0.3 is 24.9 Å². The first-order chi connectivity index (χ1) is 20.0. The van der Waals surface area contributed by atoms with Crippen molar-refractivity contribution in [1.29, 1.82) is 0 Å². The van der Waals surface area contributed by atoms with E-state index >= 15 is 8.78 Å². The van der Waals surface area contributed by atoms with Gasteiger partial charge in [-0.3, -0.25) is 14.4 Å². The van der Waals surface area contributed by atoms with Crippen molar-refractivity contribution in [2.75, 3.05) is 20.0 Å². The predicted octanol–water partition coefficient (Wildman–Crippen LogP) is 5.82. The number of nitrogens with one attached hydrogen (secondary N) is 3. The quantitative estimate of drug-likeness (QED) is 0.172. The average molecular weight is 675 g/mol. The number of ether oxygens (including phenoxy) is 1. The van der Waals surface area contributed by atoms with E-state index < -0.39 is 72.5 Å². The van der Waals surface area contributed by atoms with Gasteiger partial charge in [-0.1, -0.05) is 55.2 Å². The summed E-state index contributed by atoms with van der Waals surface area (Å²) < 4.78 is 79.8. The third-order valence-electron chi connectivity index (χ3n) is 6.12. The van der Waals surface area contributed by atoms with Gasteiger partial charge in [-0.15, -0.1) is 0 Å². The van der Waals surface area contributed by atoms with Gasteiger partial charge in [0.05, 0.1) is 30.2 Å². The molecule has 0 aliphatic heterocycles. The molecule has 2 aromatic rings. The van der Waals surface area contributed by atoms with E-state index in [0.29, 0.717) is 5.75 Å². The number of benzene rings is 2. The third kappa shape index (κ3) is 10.7. The average Bonchev–Trinajstić information content (AvgIpc) is 2.93. The highest BCUT2D eigenvalue weighted by molar-refractivity contribution is 7.93. The van der Waals surface area contributed by atoms with Crippen LogP contribution in [0.5, 0.6) is 5.75 Å². The highest BCUT2D eigenvalue weighted by atomic mass is 35.5. The van der Waals surface area contributed by atoms with Crippen LogP contribution in [0.2, 0.25) is 10.0 Å². The van der Waals surface area contributed by atoms with Crippen LogP contribution in [-0.4, -0.2) is 56.0 Å². The summed E-state index contributed by atoms with van der Waals surface area (Å²) in [6.45, 7) is 2.36. The molecule has 0 aromatic heterocycles. The first-order valence-corrected chi connectivity index (χ1v) is 14.5. The van der Waals surface area contributed by atoms with Crippen LogP contribution in [0.1, 0.15) is 37.4 Å². The van der Waals surface area contributed by atoms with Crippen molar-refractivity contribution < 1.29 is 45.3 Å². The van der Waals surface area contributed by atoms with Crippen molar-refractivity contribution >= 4 is 53.0 Å². The van der Waals surface area contributed by atoms with Gasteiger partial charge in [0.15, 0.2) is 0 Å². The van der Waals surface area contributed by atoms with E-state index in [4.69, 9.17) is 32.1 Å². The van der Waals surface area contributed by atoms with Gasteiger partial charge >= 0.3 is 12.1 Å². The maximum Gasteiger partial charge on any atom is 0.391 e. The normalized spacial score (nSPS) is 14.0. The van der Waals surface area contributed by atoms with E-state index in [0.717, 1.165) is 30.2 Å². The number of alkyl halides is 5. The standard InChI is InChI=1S/C27H30Cl2F5N3O5S/c1-14(2)20(12-26(30,31)32)35-24(39)22(15-5-8-17(41-3)9-6-15)37-23(38)21(13-42-43-4)36-25(40)27(33,34)16-7-10-18(28)19(29)11-16/h5-11,14,20-22H,12-13H2,1-4H3,(H,35,39)(H,36,40)(H,37,38)/t20-,21+,22?/m1/s1. The van der Waals surface area contributed by atoms with Crippen molar-refractivity contribution in [3.8, 4) is 5.75 Å². The summed E-state index contributed by atoms with van der Waals surface area (Å²) >= 11 is 12.4. The Balaban J connectivity index is 2.38. The lowest BCUT2D eigenvalue weighted by Crippen LogP contribution is -2.55. The summed E-state index contributed by atoms with van der Waals surface area (Å²) in [6, 6.07) is 3.76. The molecule has 0 heterocycles.